The molecule has 0 amide bonds. The highest BCUT2D eigenvalue weighted by Gasteiger charge is 2.40. The van der Waals surface area contributed by atoms with Crippen molar-refractivity contribution in [1.29, 1.82) is 0 Å². The van der Waals surface area contributed by atoms with Gasteiger partial charge in [-0.25, -0.2) is 0 Å². The van der Waals surface area contributed by atoms with Crippen LogP contribution in [0.4, 0.5) is 0 Å². The third kappa shape index (κ3) is 3.03. The van der Waals surface area contributed by atoms with Crippen LogP contribution in [0.15, 0.2) is 0 Å². The molecule has 0 aromatic rings. The number of rotatable bonds is 5. The average molecular weight is 239 g/mol. The lowest BCUT2D eigenvalue weighted by Gasteiger charge is -2.45. The predicted octanol–water partition coefficient (Wildman–Crippen LogP) is 3.36. The lowest BCUT2D eigenvalue weighted by Crippen LogP contribution is -2.48. The summed E-state index contributed by atoms with van der Waals surface area (Å²) in [7, 11) is 4.03. The molecule has 0 saturated heterocycles. The fourth-order valence-electron chi connectivity index (χ4n) is 3.66. The van der Waals surface area contributed by atoms with Crippen molar-refractivity contribution in [3.63, 3.8) is 0 Å². The second kappa shape index (κ2) is 5.71. The molecule has 0 bridgehead atoms. The maximum absolute atomic E-state index is 5.78. The summed E-state index contributed by atoms with van der Waals surface area (Å²) in [5.41, 5.74) is 0.219. The van der Waals surface area contributed by atoms with E-state index >= 15 is 0 Å². The van der Waals surface area contributed by atoms with Gasteiger partial charge in [0.15, 0.2) is 0 Å². The third-order valence-electron chi connectivity index (χ3n) is 5.29. The smallest absolute Gasteiger partial charge is 0.0693 e. The van der Waals surface area contributed by atoms with Gasteiger partial charge in [0, 0.05) is 13.2 Å². The first-order chi connectivity index (χ1) is 8.19. The molecule has 0 spiro atoms. The summed E-state index contributed by atoms with van der Waals surface area (Å²) in [4.78, 5) is 0. The standard InChI is InChI=1S/C15H29NO/c1-12-5-7-13(8-6-12)14(16-2)11-15(17-3)9-4-10-15/h12-14,16H,4-11H2,1-3H3. The Morgan fingerprint density at radius 3 is 2.29 bits per heavy atom. The largest absolute Gasteiger partial charge is 0.378 e. The lowest BCUT2D eigenvalue weighted by molar-refractivity contribution is -0.0876. The number of ether oxygens (including phenoxy) is 1. The van der Waals surface area contributed by atoms with Crippen molar-refractivity contribution in [2.75, 3.05) is 14.2 Å². The maximum atomic E-state index is 5.78. The van der Waals surface area contributed by atoms with Crippen LogP contribution in [0.5, 0.6) is 0 Å². The Morgan fingerprint density at radius 1 is 1.24 bits per heavy atom. The van der Waals surface area contributed by atoms with E-state index in [1.54, 1.807) is 0 Å². The van der Waals surface area contributed by atoms with Crippen LogP contribution >= 0.6 is 0 Å². The van der Waals surface area contributed by atoms with Crippen LogP contribution in [-0.2, 0) is 4.74 Å². The summed E-state index contributed by atoms with van der Waals surface area (Å²) in [6, 6.07) is 0.669. The molecule has 17 heavy (non-hydrogen) atoms. The van der Waals surface area contributed by atoms with Gasteiger partial charge in [0.05, 0.1) is 5.60 Å². The highest BCUT2D eigenvalue weighted by molar-refractivity contribution is 4.95. The molecule has 1 unspecified atom stereocenters. The Balaban J connectivity index is 1.87. The number of hydrogen-bond acceptors (Lipinski definition) is 2. The Hall–Kier alpha value is -0.0800. The molecule has 2 fully saturated rings. The van der Waals surface area contributed by atoms with Gasteiger partial charge in [-0.15, -0.1) is 0 Å². The Kier molecular flexibility index (Phi) is 4.48. The number of nitrogens with one attached hydrogen (secondary N) is 1. The van der Waals surface area contributed by atoms with Crippen LogP contribution in [-0.4, -0.2) is 25.8 Å². The molecule has 0 aliphatic heterocycles. The van der Waals surface area contributed by atoms with Gasteiger partial charge in [-0.3, -0.25) is 0 Å². The monoisotopic (exact) mass is 239 g/mol. The van der Waals surface area contributed by atoms with Gasteiger partial charge in [-0.1, -0.05) is 19.8 Å². The molecule has 2 aliphatic carbocycles. The zero-order valence-corrected chi connectivity index (χ0v) is 11.8. The first-order valence-corrected chi connectivity index (χ1v) is 7.41. The van der Waals surface area contributed by atoms with Crippen molar-refractivity contribution in [2.45, 2.75) is 69.9 Å². The summed E-state index contributed by atoms with van der Waals surface area (Å²) in [5.74, 6) is 1.83. The zero-order valence-electron chi connectivity index (χ0n) is 11.8. The minimum absolute atomic E-state index is 0.219. The fourth-order valence-corrected chi connectivity index (χ4v) is 3.66. The first kappa shape index (κ1) is 13.4. The molecule has 2 nitrogen and oxygen atoms in total. The van der Waals surface area contributed by atoms with Crippen molar-refractivity contribution >= 4 is 0 Å². The molecule has 2 heteroatoms. The number of methoxy groups -OCH3 is 1. The summed E-state index contributed by atoms with van der Waals surface area (Å²) >= 11 is 0. The minimum atomic E-state index is 0.219. The molecule has 0 heterocycles. The van der Waals surface area contributed by atoms with E-state index in [-0.39, 0.29) is 5.60 Å². The molecular formula is C15H29NO. The normalized spacial score (nSPS) is 34.1. The molecule has 0 aromatic heterocycles. The van der Waals surface area contributed by atoms with Gasteiger partial charge < -0.3 is 10.1 Å². The van der Waals surface area contributed by atoms with Crippen LogP contribution in [0.1, 0.15) is 58.3 Å². The molecule has 2 rings (SSSR count). The van der Waals surface area contributed by atoms with Crippen LogP contribution < -0.4 is 5.32 Å². The van der Waals surface area contributed by atoms with E-state index in [4.69, 9.17) is 4.74 Å². The third-order valence-corrected chi connectivity index (χ3v) is 5.29. The van der Waals surface area contributed by atoms with Crippen molar-refractivity contribution < 1.29 is 4.74 Å². The van der Waals surface area contributed by atoms with Gasteiger partial charge in [0.25, 0.3) is 0 Å². The average Bonchev–Trinajstić information content (AvgIpc) is 2.30. The summed E-state index contributed by atoms with van der Waals surface area (Å²) in [6.07, 6.45) is 10.8. The quantitative estimate of drug-likeness (QED) is 0.794. The summed E-state index contributed by atoms with van der Waals surface area (Å²) < 4.78 is 5.78. The van der Waals surface area contributed by atoms with E-state index < -0.39 is 0 Å². The molecule has 1 N–H and O–H groups in total. The second-order valence-electron chi connectivity index (χ2n) is 6.36. The summed E-state index contributed by atoms with van der Waals surface area (Å²) in [6.45, 7) is 2.40. The van der Waals surface area contributed by atoms with Crippen molar-refractivity contribution in [3.8, 4) is 0 Å². The van der Waals surface area contributed by atoms with E-state index in [2.05, 4.69) is 19.3 Å². The predicted molar refractivity (Wildman–Crippen MR) is 72.2 cm³/mol. The van der Waals surface area contributed by atoms with Gasteiger partial charge in [-0.05, 0) is 57.4 Å². The van der Waals surface area contributed by atoms with Gasteiger partial charge >= 0.3 is 0 Å². The van der Waals surface area contributed by atoms with E-state index in [0.29, 0.717) is 6.04 Å². The molecule has 0 radical (unpaired) electrons. The van der Waals surface area contributed by atoms with Crippen LogP contribution in [0.25, 0.3) is 0 Å². The molecule has 2 saturated carbocycles. The van der Waals surface area contributed by atoms with Crippen molar-refractivity contribution in [3.05, 3.63) is 0 Å². The van der Waals surface area contributed by atoms with Crippen molar-refractivity contribution in [2.24, 2.45) is 11.8 Å². The van der Waals surface area contributed by atoms with E-state index in [1.807, 2.05) is 7.11 Å². The SMILES string of the molecule is CNC(CC1(OC)CCC1)C1CCC(C)CC1. The Morgan fingerprint density at radius 2 is 1.88 bits per heavy atom. The maximum Gasteiger partial charge on any atom is 0.0693 e. The molecular weight excluding hydrogens is 210 g/mol. The van der Waals surface area contributed by atoms with Crippen LogP contribution in [0.2, 0.25) is 0 Å². The fraction of sp³-hybridized carbons (Fsp3) is 1.00. The minimum Gasteiger partial charge on any atom is -0.378 e. The van der Waals surface area contributed by atoms with Gasteiger partial charge in [0.1, 0.15) is 0 Å². The Bertz CT molecular complexity index is 224. The molecule has 100 valence electrons. The Labute approximate surface area is 107 Å². The zero-order chi connectivity index (χ0) is 12.3. The highest BCUT2D eigenvalue weighted by Crippen LogP contribution is 2.41. The van der Waals surface area contributed by atoms with Crippen molar-refractivity contribution in [1.82, 2.24) is 5.32 Å². The highest BCUT2D eigenvalue weighted by atomic mass is 16.5. The van der Waals surface area contributed by atoms with E-state index in [0.717, 1.165) is 11.8 Å². The summed E-state index contributed by atoms with van der Waals surface area (Å²) in [5, 5.41) is 3.56. The lowest BCUT2D eigenvalue weighted by atomic mass is 9.70. The molecule has 1 atom stereocenters. The van der Waals surface area contributed by atoms with Gasteiger partial charge in [0.2, 0.25) is 0 Å². The number of hydrogen-bond donors (Lipinski definition) is 1. The molecule has 0 aromatic carbocycles. The van der Waals surface area contributed by atoms with E-state index in [1.165, 1.54) is 51.4 Å². The second-order valence-corrected chi connectivity index (χ2v) is 6.36. The van der Waals surface area contributed by atoms with Crippen LogP contribution in [0, 0.1) is 11.8 Å². The van der Waals surface area contributed by atoms with Crippen LogP contribution in [0.3, 0.4) is 0 Å². The topological polar surface area (TPSA) is 21.3 Å². The molecule has 2 aliphatic rings. The first-order valence-electron chi connectivity index (χ1n) is 7.41. The van der Waals surface area contributed by atoms with E-state index in [9.17, 15) is 0 Å². The van der Waals surface area contributed by atoms with Gasteiger partial charge in [-0.2, -0.15) is 0 Å².